The van der Waals surface area contributed by atoms with Gasteiger partial charge in [0.05, 0.1) is 14.2 Å². The molecule has 150 valence electrons. The summed E-state index contributed by atoms with van der Waals surface area (Å²) < 4.78 is 64.7. The molecule has 0 N–H and O–H groups in total. The number of benzene rings is 1. The highest BCUT2D eigenvalue weighted by molar-refractivity contribution is 7.90. The van der Waals surface area contributed by atoms with Crippen LogP contribution in [0.4, 0.5) is 0 Å². The minimum Gasteiger partial charge on any atom is -0.495 e. The van der Waals surface area contributed by atoms with Crippen molar-refractivity contribution in [2.45, 2.75) is 37.5 Å². The third-order valence-corrected chi connectivity index (χ3v) is 8.24. The molecular formula is C16H28N2O6S2. The molecule has 0 heterocycles. The smallest absolute Gasteiger partial charge is 0.246 e. The fourth-order valence-corrected chi connectivity index (χ4v) is 5.97. The van der Waals surface area contributed by atoms with Crippen LogP contribution in [0.25, 0.3) is 0 Å². The Morgan fingerprint density at radius 1 is 0.692 bits per heavy atom. The van der Waals surface area contributed by atoms with E-state index in [2.05, 4.69) is 0 Å². The van der Waals surface area contributed by atoms with E-state index < -0.39 is 20.0 Å². The Kier molecular flexibility index (Phi) is 7.87. The zero-order valence-corrected chi connectivity index (χ0v) is 17.8. The Hall–Kier alpha value is -1.36. The predicted octanol–water partition coefficient (Wildman–Crippen LogP) is 1.76. The molecule has 0 amide bonds. The molecule has 0 bridgehead atoms. The molecule has 0 aliphatic carbocycles. The van der Waals surface area contributed by atoms with Gasteiger partial charge in [0.15, 0.2) is 0 Å². The zero-order valence-electron chi connectivity index (χ0n) is 16.1. The molecule has 0 spiro atoms. The van der Waals surface area contributed by atoms with Crippen LogP contribution in [-0.2, 0) is 20.0 Å². The van der Waals surface area contributed by atoms with Gasteiger partial charge in [0.1, 0.15) is 21.3 Å². The number of rotatable bonds is 10. The summed E-state index contributed by atoms with van der Waals surface area (Å²) in [6.45, 7) is 7.88. The summed E-state index contributed by atoms with van der Waals surface area (Å²) in [5, 5.41) is 0. The largest absolute Gasteiger partial charge is 0.495 e. The second-order valence-corrected chi connectivity index (χ2v) is 9.15. The minimum atomic E-state index is -3.92. The van der Waals surface area contributed by atoms with E-state index in [9.17, 15) is 16.8 Å². The SMILES string of the molecule is CCN(CC)S(=O)(=O)c1cc(S(=O)(=O)N(CC)CC)c(OC)cc1OC. The van der Waals surface area contributed by atoms with Gasteiger partial charge in [-0.05, 0) is 6.07 Å². The van der Waals surface area contributed by atoms with E-state index in [1.165, 1.54) is 28.9 Å². The number of hydrogen-bond acceptors (Lipinski definition) is 6. The molecule has 0 saturated carbocycles. The average molecular weight is 409 g/mol. The maximum absolute atomic E-state index is 13.0. The molecule has 0 fully saturated rings. The highest BCUT2D eigenvalue weighted by Gasteiger charge is 2.32. The van der Waals surface area contributed by atoms with Crippen LogP contribution in [0.15, 0.2) is 21.9 Å². The summed E-state index contributed by atoms with van der Waals surface area (Å²) in [5.41, 5.74) is 0. The summed E-state index contributed by atoms with van der Waals surface area (Å²) in [6, 6.07) is 2.42. The van der Waals surface area contributed by atoms with Crippen LogP contribution in [0.1, 0.15) is 27.7 Å². The van der Waals surface area contributed by atoms with Crippen LogP contribution >= 0.6 is 0 Å². The van der Waals surface area contributed by atoms with Crippen molar-refractivity contribution in [3.05, 3.63) is 12.1 Å². The van der Waals surface area contributed by atoms with E-state index >= 15 is 0 Å². The van der Waals surface area contributed by atoms with E-state index in [4.69, 9.17) is 9.47 Å². The van der Waals surface area contributed by atoms with Crippen LogP contribution in [0, 0.1) is 0 Å². The van der Waals surface area contributed by atoms with Crippen LogP contribution in [-0.4, -0.2) is 65.8 Å². The highest BCUT2D eigenvalue weighted by atomic mass is 32.2. The molecule has 0 saturated heterocycles. The van der Waals surface area contributed by atoms with Crippen molar-refractivity contribution in [3.63, 3.8) is 0 Å². The predicted molar refractivity (Wildman–Crippen MR) is 99.8 cm³/mol. The van der Waals surface area contributed by atoms with Crippen molar-refractivity contribution in [1.29, 1.82) is 0 Å². The van der Waals surface area contributed by atoms with Crippen molar-refractivity contribution in [2.24, 2.45) is 0 Å². The molecule has 1 aromatic rings. The average Bonchev–Trinajstić information content (AvgIpc) is 2.61. The first-order valence-corrected chi connectivity index (χ1v) is 11.3. The normalized spacial score (nSPS) is 12.6. The van der Waals surface area contributed by atoms with Gasteiger partial charge in [-0.25, -0.2) is 16.8 Å². The van der Waals surface area contributed by atoms with Gasteiger partial charge in [-0.15, -0.1) is 0 Å². The molecule has 0 aliphatic heterocycles. The van der Waals surface area contributed by atoms with Gasteiger partial charge in [-0.1, -0.05) is 27.7 Å². The Morgan fingerprint density at radius 2 is 1.00 bits per heavy atom. The van der Waals surface area contributed by atoms with Gasteiger partial charge in [0.25, 0.3) is 0 Å². The number of hydrogen-bond donors (Lipinski definition) is 0. The van der Waals surface area contributed by atoms with Crippen LogP contribution in [0.5, 0.6) is 11.5 Å². The second-order valence-electron chi connectivity index (χ2n) is 5.33. The van der Waals surface area contributed by atoms with Crippen molar-refractivity contribution in [2.75, 3.05) is 40.4 Å². The van der Waals surface area contributed by atoms with Crippen LogP contribution in [0.2, 0.25) is 0 Å². The molecule has 10 heteroatoms. The van der Waals surface area contributed by atoms with Crippen molar-refractivity contribution >= 4 is 20.0 Å². The lowest BCUT2D eigenvalue weighted by Crippen LogP contribution is -2.32. The number of methoxy groups -OCH3 is 2. The fraction of sp³-hybridized carbons (Fsp3) is 0.625. The van der Waals surface area contributed by atoms with E-state index in [0.717, 1.165) is 6.07 Å². The summed E-state index contributed by atoms with van der Waals surface area (Å²) in [4.78, 5) is -0.398. The summed E-state index contributed by atoms with van der Waals surface area (Å²) in [5.74, 6) is 0.0690. The van der Waals surface area contributed by atoms with Crippen LogP contribution < -0.4 is 9.47 Å². The molecule has 8 nitrogen and oxygen atoms in total. The lowest BCUT2D eigenvalue weighted by Gasteiger charge is -2.23. The molecule has 0 aromatic heterocycles. The maximum Gasteiger partial charge on any atom is 0.246 e. The first kappa shape index (κ1) is 22.7. The molecule has 1 aromatic carbocycles. The van der Waals surface area contributed by atoms with Gasteiger partial charge in [0, 0.05) is 32.2 Å². The first-order valence-electron chi connectivity index (χ1n) is 8.41. The van der Waals surface area contributed by atoms with Gasteiger partial charge in [0.2, 0.25) is 20.0 Å². The van der Waals surface area contributed by atoms with Crippen LogP contribution in [0.3, 0.4) is 0 Å². The van der Waals surface area contributed by atoms with E-state index in [1.807, 2.05) is 0 Å². The standard InChI is InChI=1S/C16H28N2O6S2/c1-7-17(8-2)25(19,20)15-12-16(14(24-6)11-13(15)23-5)26(21,22)18(9-3)10-4/h11-12H,7-10H2,1-6H3. The van der Waals surface area contributed by atoms with Gasteiger partial charge < -0.3 is 9.47 Å². The molecule has 0 atom stereocenters. The van der Waals surface area contributed by atoms with Gasteiger partial charge >= 0.3 is 0 Å². The van der Waals surface area contributed by atoms with Crippen molar-refractivity contribution in [3.8, 4) is 11.5 Å². The third-order valence-electron chi connectivity index (χ3n) is 4.10. The first-order chi connectivity index (χ1) is 12.1. The monoisotopic (exact) mass is 408 g/mol. The molecule has 0 radical (unpaired) electrons. The number of sulfonamides is 2. The Balaban J connectivity index is 3.81. The number of nitrogens with zero attached hydrogens (tertiary/aromatic N) is 2. The Morgan fingerprint density at radius 3 is 1.23 bits per heavy atom. The maximum atomic E-state index is 13.0. The summed E-state index contributed by atoms with van der Waals surface area (Å²) in [6.07, 6.45) is 0. The van der Waals surface area contributed by atoms with Crippen molar-refractivity contribution in [1.82, 2.24) is 8.61 Å². The zero-order chi connectivity index (χ0) is 20.1. The molecular weight excluding hydrogens is 380 g/mol. The molecule has 0 unspecified atom stereocenters. The molecule has 26 heavy (non-hydrogen) atoms. The summed E-state index contributed by atoms with van der Waals surface area (Å²) >= 11 is 0. The van der Waals surface area contributed by atoms with E-state index in [0.29, 0.717) is 0 Å². The summed E-state index contributed by atoms with van der Waals surface area (Å²) in [7, 11) is -5.19. The van der Waals surface area contributed by atoms with E-state index in [1.54, 1.807) is 27.7 Å². The third kappa shape index (κ3) is 4.13. The topological polar surface area (TPSA) is 93.2 Å². The van der Waals surface area contributed by atoms with Crippen molar-refractivity contribution < 1.29 is 26.3 Å². The Bertz CT molecular complexity index is 748. The Labute approximate surface area is 156 Å². The fourth-order valence-electron chi connectivity index (χ4n) is 2.65. The van der Waals surface area contributed by atoms with Gasteiger partial charge in [-0.2, -0.15) is 8.61 Å². The lowest BCUT2D eigenvalue weighted by atomic mass is 10.3. The van der Waals surface area contributed by atoms with E-state index in [-0.39, 0.29) is 47.5 Å². The van der Waals surface area contributed by atoms with Gasteiger partial charge in [-0.3, -0.25) is 0 Å². The number of ether oxygens (including phenoxy) is 2. The highest BCUT2D eigenvalue weighted by Crippen LogP contribution is 2.37. The molecule has 1 rings (SSSR count). The minimum absolute atomic E-state index is 0.0345. The lowest BCUT2D eigenvalue weighted by molar-refractivity contribution is 0.372. The molecule has 0 aliphatic rings. The quantitative estimate of drug-likeness (QED) is 0.586. The second kappa shape index (κ2) is 9.03.